The number of carbonyl (C=O) groups is 3. The van der Waals surface area contributed by atoms with Crippen molar-refractivity contribution in [1.29, 1.82) is 0 Å². The number of aliphatic carboxylic acids is 1. The molecule has 2 atom stereocenters. The number of primary amides is 1. The average molecular weight is 285 g/mol. The van der Waals surface area contributed by atoms with Gasteiger partial charge in [0.2, 0.25) is 5.91 Å². The van der Waals surface area contributed by atoms with E-state index in [-0.39, 0.29) is 0 Å². The first-order valence-corrected chi connectivity index (χ1v) is 7.00. The SMILES string of the molecule is CCC1CCCN(C(=O)N[C@H](CC(N)=O)C(=O)O)CC1. The van der Waals surface area contributed by atoms with Crippen molar-refractivity contribution in [2.75, 3.05) is 13.1 Å². The number of carboxylic acids is 1. The molecular formula is C13H23N3O4. The van der Waals surface area contributed by atoms with Gasteiger partial charge in [0, 0.05) is 13.1 Å². The summed E-state index contributed by atoms with van der Waals surface area (Å²) in [6.45, 7) is 3.37. The van der Waals surface area contributed by atoms with Crippen molar-refractivity contribution in [3.63, 3.8) is 0 Å². The highest BCUT2D eigenvalue weighted by molar-refractivity contribution is 5.87. The first-order valence-electron chi connectivity index (χ1n) is 7.00. The van der Waals surface area contributed by atoms with E-state index in [0.717, 1.165) is 25.7 Å². The topological polar surface area (TPSA) is 113 Å². The van der Waals surface area contributed by atoms with Gasteiger partial charge in [-0.1, -0.05) is 13.3 Å². The lowest BCUT2D eigenvalue weighted by Gasteiger charge is -2.23. The maximum Gasteiger partial charge on any atom is 0.326 e. The van der Waals surface area contributed by atoms with E-state index in [9.17, 15) is 14.4 Å². The molecule has 0 aromatic rings. The second kappa shape index (κ2) is 7.72. The fraction of sp³-hybridized carbons (Fsp3) is 0.769. The summed E-state index contributed by atoms with van der Waals surface area (Å²) in [6.07, 6.45) is 3.63. The maximum absolute atomic E-state index is 12.0. The molecule has 114 valence electrons. The minimum absolute atomic E-state index is 0.396. The monoisotopic (exact) mass is 285 g/mol. The van der Waals surface area contributed by atoms with Gasteiger partial charge in [-0.15, -0.1) is 0 Å². The summed E-state index contributed by atoms with van der Waals surface area (Å²) in [5, 5.41) is 11.3. The molecule has 0 saturated carbocycles. The number of rotatable bonds is 5. The summed E-state index contributed by atoms with van der Waals surface area (Å²) in [5.41, 5.74) is 4.98. The van der Waals surface area contributed by atoms with Crippen LogP contribution in [0.3, 0.4) is 0 Å². The molecule has 1 saturated heterocycles. The van der Waals surface area contributed by atoms with Crippen LogP contribution in [0.5, 0.6) is 0 Å². The normalized spacial score (nSPS) is 20.9. The number of carbonyl (C=O) groups excluding carboxylic acids is 2. The fourth-order valence-electron chi connectivity index (χ4n) is 2.42. The van der Waals surface area contributed by atoms with Crippen molar-refractivity contribution >= 4 is 17.9 Å². The van der Waals surface area contributed by atoms with Gasteiger partial charge in [0.15, 0.2) is 0 Å². The molecule has 1 heterocycles. The van der Waals surface area contributed by atoms with E-state index in [1.165, 1.54) is 0 Å². The molecule has 0 radical (unpaired) electrons. The zero-order chi connectivity index (χ0) is 15.1. The highest BCUT2D eigenvalue weighted by Crippen LogP contribution is 2.20. The quantitative estimate of drug-likeness (QED) is 0.684. The molecule has 7 heteroatoms. The van der Waals surface area contributed by atoms with Crippen LogP contribution < -0.4 is 11.1 Å². The van der Waals surface area contributed by atoms with Crippen molar-refractivity contribution in [2.24, 2.45) is 11.7 Å². The van der Waals surface area contributed by atoms with Gasteiger partial charge in [0.05, 0.1) is 6.42 Å². The first kappa shape index (κ1) is 16.3. The summed E-state index contributed by atoms with van der Waals surface area (Å²) in [5.74, 6) is -1.38. The van der Waals surface area contributed by atoms with Crippen molar-refractivity contribution in [3.8, 4) is 0 Å². The largest absolute Gasteiger partial charge is 0.480 e. The molecule has 0 aromatic carbocycles. The van der Waals surface area contributed by atoms with E-state index in [4.69, 9.17) is 10.8 Å². The van der Waals surface area contributed by atoms with Gasteiger partial charge in [0.1, 0.15) is 6.04 Å². The van der Waals surface area contributed by atoms with Crippen molar-refractivity contribution in [3.05, 3.63) is 0 Å². The molecule has 0 aliphatic carbocycles. The molecule has 0 bridgehead atoms. The Bertz CT molecular complexity index is 373. The number of nitrogens with zero attached hydrogens (tertiary/aromatic N) is 1. The lowest BCUT2D eigenvalue weighted by molar-refractivity contribution is -0.140. The fourth-order valence-corrected chi connectivity index (χ4v) is 2.42. The lowest BCUT2D eigenvalue weighted by atomic mass is 9.98. The predicted octanol–water partition coefficient (Wildman–Crippen LogP) is 0.537. The summed E-state index contributed by atoms with van der Waals surface area (Å²) in [7, 11) is 0. The summed E-state index contributed by atoms with van der Waals surface area (Å²) < 4.78 is 0. The third-order valence-corrected chi connectivity index (χ3v) is 3.71. The molecule has 0 aromatic heterocycles. The van der Waals surface area contributed by atoms with Crippen LogP contribution in [0.15, 0.2) is 0 Å². The van der Waals surface area contributed by atoms with E-state index in [1.807, 2.05) is 0 Å². The number of nitrogens with one attached hydrogen (secondary N) is 1. The lowest BCUT2D eigenvalue weighted by Crippen LogP contribution is -2.49. The Morgan fingerprint density at radius 2 is 2.05 bits per heavy atom. The third-order valence-electron chi connectivity index (χ3n) is 3.71. The molecule has 1 aliphatic rings. The molecule has 7 nitrogen and oxygen atoms in total. The van der Waals surface area contributed by atoms with Crippen LogP contribution in [-0.4, -0.2) is 47.0 Å². The Morgan fingerprint density at radius 3 is 2.60 bits per heavy atom. The Hall–Kier alpha value is -1.79. The molecule has 0 spiro atoms. The van der Waals surface area contributed by atoms with E-state index < -0.39 is 30.4 Å². The van der Waals surface area contributed by atoms with Gasteiger partial charge in [-0.05, 0) is 25.2 Å². The van der Waals surface area contributed by atoms with Gasteiger partial charge in [-0.3, -0.25) is 4.79 Å². The van der Waals surface area contributed by atoms with E-state index in [0.29, 0.717) is 19.0 Å². The second-order valence-corrected chi connectivity index (χ2v) is 5.20. The predicted molar refractivity (Wildman–Crippen MR) is 73.0 cm³/mol. The molecule has 4 N–H and O–H groups in total. The molecular weight excluding hydrogens is 262 g/mol. The van der Waals surface area contributed by atoms with Crippen molar-refractivity contribution in [2.45, 2.75) is 45.1 Å². The number of likely N-dealkylation sites (tertiary alicyclic amines) is 1. The number of amides is 3. The van der Waals surface area contributed by atoms with E-state index in [2.05, 4.69) is 12.2 Å². The Balaban J connectivity index is 2.55. The minimum atomic E-state index is -1.26. The average Bonchev–Trinajstić information content (AvgIpc) is 2.62. The standard InChI is InChI=1S/C13H23N3O4/c1-2-9-4-3-6-16(7-5-9)13(20)15-10(12(18)19)8-11(14)17/h9-10H,2-8H2,1H3,(H2,14,17)(H,15,20)(H,18,19)/t9?,10-/m1/s1. The molecule has 1 fully saturated rings. The van der Waals surface area contributed by atoms with Crippen molar-refractivity contribution in [1.82, 2.24) is 10.2 Å². The number of carboxylic acid groups (broad SMARTS) is 1. The molecule has 1 rings (SSSR count). The number of hydrogen-bond donors (Lipinski definition) is 3. The first-order chi connectivity index (χ1) is 9.43. The van der Waals surface area contributed by atoms with Gasteiger partial charge in [-0.25, -0.2) is 9.59 Å². The minimum Gasteiger partial charge on any atom is -0.480 e. The number of hydrogen-bond acceptors (Lipinski definition) is 3. The van der Waals surface area contributed by atoms with Crippen molar-refractivity contribution < 1.29 is 19.5 Å². The van der Waals surface area contributed by atoms with Crippen LogP contribution in [-0.2, 0) is 9.59 Å². The van der Waals surface area contributed by atoms with Crippen LogP contribution in [0.2, 0.25) is 0 Å². The molecule has 1 aliphatic heterocycles. The van der Waals surface area contributed by atoms with Gasteiger partial charge in [-0.2, -0.15) is 0 Å². The zero-order valence-corrected chi connectivity index (χ0v) is 11.8. The van der Waals surface area contributed by atoms with Crippen LogP contribution in [0, 0.1) is 5.92 Å². The van der Waals surface area contributed by atoms with Crippen LogP contribution >= 0.6 is 0 Å². The summed E-state index contributed by atoms with van der Waals surface area (Å²) >= 11 is 0. The Morgan fingerprint density at radius 1 is 1.35 bits per heavy atom. The Labute approximate surface area is 118 Å². The smallest absolute Gasteiger partial charge is 0.326 e. The zero-order valence-electron chi connectivity index (χ0n) is 11.8. The molecule has 20 heavy (non-hydrogen) atoms. The van der Waals surface area contributed by atoms with Gasteiger partial charge < -0.3 is 21.1 Å². The second-order valence-electron chi connectivity index (χ2n) is 5.20. The Kier molecular flexibility index (Phi) is 6.27. The highest BCUT2D eigenvalue weighted by Gasteiger charge is 2.26. The van der Waals surface area contributed by atoms with Crippen LogP contribution in [0.25, 0.3) is 0 Å². The van der Waals surface area contributed by atoms with Gasteiger partial charge >= 0.3 is 12.0 Å². The van der Waals surface area contributed by atoms with Crippen LogP contribution in [0.1, 0.15) is 39.0 Å². The van der Waals surface area contributed by atoms with Gasteiger partial charge in [0.25, 0.3) is 0 Å². The number of urea groups is 1. The van der Waals surface area contributed by atoms with E-state index in [1.54, 1.807) is 4.90 Å². The highest BCUT2D eigenvalue weighted by atomic mass is 16.4. The number of nitrogens with two attached hydrogens (primary N) is 1. The summed E-state index contributed by atoms with van der Waals surface area (Å²) in [6, 6.07) is -1.69. The van der Waals surface area contributed by atoms with E-state index >= 15 is 0 Å². The maximum atomic E-state index is 12.0. The molecule has 3 amide bonds. The summed E-state index contributed by atoms with van der Waals surface area (Å²) in [4.78, 5) is 35.4. The molecule has 1 unspecified atom stereocenters. The van der Waals surface area contributed by atoms with Crippen LogP contribution in [0.4, 0.5) is 4.79 Å². The third kappa shape index (κ3) is 5.07.